The molecule has 0 spiro atoms. The van der Waals surface area contributed by atoms with Crippen LogP contribution in [0.3, 0.4) is 0 Å². The van der Waals surface area contributed by atoms with Gasteiger partial charge >= 0.3 is 5.97 Å². The number of ether oxygens (including phenoxy) is 1. The Morgan fingerprint density at radius 1 is 0.909 bits per heavy atom. The predicted octanol–water partition coefficient (Wildman–Crippen LogP) is 5.89. The largest absolute Gasteiger partial charge is 0.422 e. The zero-order valence-corrected chi connectivity index (χ0v) is 14.9. The summed E-state index contributed by atoms with van der Waals surface area (Å²) in [5, 5.41) is 1.91. The number of halogens is 2. The Morgan fingerprint density at radius 2 is 1.64 bits per heavy atom. The van der Waals surface area contributed by atoms with Gasteiger partial charge in [0.1, 0.15) is 5.75 Å². The number of hydrogen-bond donors (Lipinski definition) is 0. The maximum absolute atomic E-state index is 12.4. The molecule has 22 heavy (non-hydrogen) atoms. The molecule has 3 aromatic rings. The molecule has 0 heterocycles. The molecule has 0 N–H and O–H groups in total. The highest BCUT2D eigenvalue weighted by Crippen LogP contribution is 2.32. The van der Waals surface area contributed by atoms with Crippen molar-refractivity contribution in [1.29, 1.82) is 0 Å². The molecule has 0 radical (unpaired) electrons. The summed E-state index contributed by atoms with van der Waals surface area (Å²) in [6.45, 7) is 1.97. The van der Waals surface area contributed by atoms with Gasteiger partial charge < -0.3 is 4.74 Å². The van der Waals surface area contributed by atoms with Crippen molar-refractivity contribution in [3.8, 4) is 5.75 Å². The van der Waals surface area contributed by atoms with Gasteiger partial charge in [-0.2, -0.15) is 0 Å². The molecule has 0 atom stereocenters. The van der Waals surface area contributed by atoms with Gasteiger partial charge in [-0.05, 0) is 42.1 Å². The van der Waals surface area contributed by atoms with E-state index in [1.807, 2.05) is 43.3 Å². The van der Waals surface area contributed by atoms with Gasteiger partial charge in [-0.15, -0.1) is 0 Å². The number of hydrogen-bond acceptors (Lipinski definition) is 2. The molecule has 0 saturated carbocycles. The van der Waals surface area contributed by atoms with E-state index in [2.05, 4.69) is 31.9 Å². The molecule has 4 heteroatoms. The van der Waals surface area contributed by atoms with Crippen molar-refractivity contribution in [1.82, 2.24) is 0 Å². The average Bonchev–Trinajstić information content (AvgIpc) is 2.53. The molecule has 0 saturated heterocycles. The third kappa shape index (κ3) is 2.94. The van der Waals surface area contributed by atoms with E-state index >= 15 is 0 Å². The molecule has 0 aliphatic rings. The Hall–Kier alpha value is -1.65. The van der Waals surface area contributed by atoms with Crippen molar-refractivity contribution < 1.29 is 9.53 Å². The first kappa shape index (κ1) is 15.3. The minimum absolute atomic E-state index is 0.367. The fraction of sp³-hybridized carbons (Fsp3) is 0.0556. The van der Waals surface area contributed by atoms with Gasteiger partial charge in [0, 0.05) is 14.3 Å². The van der Waals surface area contributed by atoms with Gasteiger partial charge in [0.2, 0.25) is 0 Å². The second-order valence-corrected chi connectivity index (χ2v) is 6.65. The van der Waals surface area contributed by atoms with E-state index in [1.54, 1.807) is 18.2 Å². The fourth-order valence-corrected chi connectivity index (χ4v) is 3.06. The lowest BCUT2D eigenvalue weighted by molar-refractivity contribution is 0.0737. The van der Waals surface area contributed by atoms with E-state index in [1.165, 1.54) is 0 Å². The first-order valence-corrected chi connectivity index (χ1v) is 8.30. The maximum atomic E-state index is 12.4. The number of aryl methyl sites for hydroxylation is 1. The lowest BCUT2D eigenvalue weighted by Gasteiger charge is -2.09. The average molecular weight is 420 g/mol. The van der Waals surface area contributed by atoms with E-state index in [0.717, 1.165) is 25.3 Å². The van der Waals surface area contributed by atoms with Crippen LogP contribution in [0.2, 0.25) is 0 Å². The molecule has 0 amide bonds. The van der Waals surface area contributed by atoms with Crippen LogP contribution in [0.4, 0.5) is 0 Å². The molecule has 0 aliphatic heterocycles. The normalized spacial score (nSPS) is 10.7. The Kier molecular flexibility index (Phi) is 4.32. The molecular weight excluding hydrogens is 408 g/mol. The maximum Gasteiger partial charge on any atom is 0.343 e. The summed E-state index contributed by atoms with van der Waals surface area (Å²) in [6, 6.07) is 16.9. The quantitative estimate of drug-likeness (QED) is 0.382. The Labute approximate surface area is 145 Å². The van der Waals surface area contributed by atoms with Crippen molar-refractivity contribution >= 4 is 48.6 Å². The summed E-state index contributed by atoms with van der Waals surface area (Å²) in [4.78, 5) is 12.4. The lowest BCUT2D eigenvalue weighted by atomic mass is 10.1. The first-order chi connectivity index (χ1) is 10.6. The van der Waals surface area contributed by atoms with E-state index in [-0.39, 0.29) is 5.97 Å². The highest BCUT2D eigenvalue weighted by molar-refractivity contribution is 9.11. The highest BCUT2D eigenvalue weighted by Gasteiger charge is 2.12. The van der Waals surface area contributed by atoms with E-state index in [4.69, 9.17) is 4.74 Å². The van der Waals surface area contributed by atoms with Crippen LogP contribution in [0.5, 0.6) is 5.75 Å². The van der Waals surface area contributed by atoms with Crippen LogP contribution in [0.1, 0.15) is 15.9 Å². The lowest BCUT2D eigenvalue weighted by Crippen LogP contribution is -2.09. The number of benzene rings is 3. The smallest absolute Gasteiger partial charge is 0.343 e. The second kappa shape index (κ2) is 6.23. The van der Waals surface area contributed by atoms with Crippen LogP contribution in [-0.2, 0) is 0 Å². The molecule has 0 aliphatic carbocycles. The van der Waals surface area contributed by atoms with Crippen LogP contribution in [0.25, 0.3) is 10.8 Å². The number of rotatable bonds is 2. The van der Waals surface area contributed by atoms with Crippen molar-refractivity contribution in [2.45, 2.75) is 6.92 Å². The van der Waals surface area contributed by atoms with Gasteiger partial charge in [0.25, 0.3) is 0 Å². The predicted molar refractivity (Wildman–Crippen MR) is 95.5 cm³/mol. The molecule has 0 bridgehead atoms. The SMILES string of the molecule is Cc1ccc(C(=O)Oc2ccc(Br)c3ccccc23)cc1Br. The molecule has 3 rings (SSSR count). The van der Waals surface area contributed by atoms with E-state index in [0.29, 0.717) is 11.3 Å². The fourth-order valence-electron chi connectivity index (χ4n) is 2.20. The summed E-state index contributed by atoms with van der Waals surface area (Å²) in [5.74, 6) is 0.189. The van der Waals surface area contributed by atoms with Crippen LogP contribution < -0.4 is 4.74 Å². The minimum Gasteiger partial charge on any atom is -0.422 e. The monoisotopic (exact) mass is 418 g/mol. The first-order valence-electron chi connectivity index (χ1n) is 6.72. The van der Waals surface area contributed by atoms with Gasteiger partial charge in [0.15, 0.2) is 0 Å². The Morgan fingerprint density at radius 3 is 2.36 bits per heavy atom. The Bertz CT molecular complexity index is 872. The third-order valence-electron chi connectivity index (χ3n) is 3.44. The van der Waals surface area contributed by atoms with E-state index < -0.39 is 0 Å². The second-order valence-electron chi connectivity index (χ2n) is 4.94. The number of esters is 1. The highest BCUT2D eigenvalue weighted by atomic mass is 79.9. The Balaban J connectivity index is 1.98. The van der Waals surface area contributed by atoms with Crippen LogP contribution in [0, 0.1) is 6.92 Å². The summed E-state index contributed by atoms with van der Waals surface area (Å²) in [5.41, 5.74) is 1.59. The van der Waals surface area contributed by atoms with Crippen molar-refractivity contribution in [3.63, 3.8) is 0 Å². The van der Waals surface area contributed by atoms with Crippen molar-refractivity contribution in [3.05, 3.63) is 74.7 Å². The van der Waals surface area contributed by atoms with Gasteiger partial charge in [-0.25, -0.2) is 4.79 Å². The number of carbonyl (C=O) groups is 1. The summed E-state index contributed by atoms with van der Waals surface area (Å²) in [7, 11) is 0. The standard InChI is InChI=1S/C18H12Br2O2/c1-11-6-7-12(10-16(11)20)18(21)22-17-9-8-15(19)13-4-2-3-5-14(13)17/h2-10H,1H3. The van der Waals surface area contributed by atoms with Crippen LogP contribution in [-0.4, -0.2) is 5.97 Å². The molecule has 2 nitrogen and oxygen atoms in total. The van der Waals surface area contributed by atoms with E-state index in [9.17, 15) is 4.79 Å². The zero-order chi connectivity index (χ0) is 15.7. The van der Waals surface area contributed by atoms with Crippen LogP contribution >= 0.6 is 31.9 Å². The summed E-state index contributed by atoms with van der Waals surface area (Å²) >= 11 is 6.95. The van der Waals surface area contributed by atoms with Crippen LogP contribution in [0.15, 0.2) is 63.5 Å². The van der Waals surface area contributed by atoms with Crippen molar-refractivity contribution in [2.75, 3.05) is 0 Å². The number of fused-ring (bicyclic) bond motifs is 1. The van der Waals surface area contributed by atoms with Gasteiger partial charge in [0.05, 0.1) is 5.56 Å². The molecular formula is C18H12Br2O2. The van der Waals surface area contributed by atoms with Gasteiger partial charge in [-0.3, -0.25) is 0 Å². The molecule has 110 valence electrons. The summed E-state index contributed by atoms with van der Waals surface area (Å²) < 4.78 is 7.45. The zero-order valence-electron chi connectivity index (χ0n) is 11.8. The number of carbonyl (C=O) groups excluding carboxylic acids is 1. The molecule has 0 unspecified atom stereocenters. The third-order valence-corrected chi connectivity index (χ3v) is 4.99. The molecule has 0 fully saturated rings. The topological polar surface area (TPSA) is 26.3 Å². The van der Waals surface area contributed by atoms with Gasteiger partial charge in [-0.1, -0.05) is 62.2 Å². The molecule has 3 aromatic carbocycles. The summed E-state index contributed by atoms with van der Waals surface area (Å²) in [6.07, 6.45) is 0. The molecule has 0 aromatic heterocycles. The minimum atomic E-state index is -0.367. The van der Waals surface area contributed by atoms with Crippen molar-refractivity contribution in [2.24, 2.45) is 0 Å².